The number of carbonyl (C=O) groups is 1. The molecule has 0 radical (unpaired) electrons. The van der Waals surface area contributed by atoms with E-state index in [1.54, 1.807) is 6.20 Å². The van der Waals surface area contributed by atoms with Gasteiger partial charge < -0.3 is 10.0 Å². The second-order valence-electron chi connectivity index (χ2n) is 7.94. The zero-order valence-electron chi connectivity index (χ0n) is 17.6. The summed E-state index contributed by atoms with van der Waals surface area (Å²) in [5.41, 5.74) is 0.869. The number of sulfonamides is 1. The van der Waals surface area contributed by atoms with Crippen molar-refractivity contribution in [2.24, 2.45) is 5.92 Å². The Kier molecular flexibility index (Phi) is 7.75. The van der Waals surface area contributed by atoms with Crippen molar-refractivity contribution in [2.75, 3.05) is 26.2 Å². The molecular weight excluding hydrogens is 468 g/mol. The Hall–Kier alpha value is -2.51. The molecule has 1 fully saturated rings. The normalized spacial score (nSPS) is 19.9. The second-order valence-corrected chi connectivity index (χ2v) is 9.87. The summed E-state index contributed by atoms with van der Waals surface area (Å²) in [5, 5.41) is 11.5. The van der Waals surface area contributed by atoms with E-state index >= 15 is 0 Å². The van der Waals surface area contributed by atoms with Gasteiger partial charge in [0.15, 0.2) is 0 Å². The molecule has 0 amide bonds. The summed E-state index contributed by atoms with van der Waals surface area (Å²) in [6.07, 6.45) is -0.976. The lowest BCUT2D eigenvalue weighted by Crippen LogP contribution is -2.38. The number of carboxylic acid groups (broad SMARTS) is 1. The fourth-order valence-corrected chi connectivity index (χ4v) is 5.42. The van der Waals surface area contributed by atoms with Gasteiger partial charge in [-0.1, -0.05) is 6.07 Å². The van der Waals surface area contributed by atoms with E-state index in [9.17, 15) is 26.0 Å². The first kappa shape index (κ1) is 25.1. The van der Waals surface area contributed by atoms with Crippen molar-refractivity contribution in [3.63, 3.8) is 0 Å². The van der Waals surface area contributed by atoms with Crippen LogP contribution in [-0.4, -0.2) is 70.8 Å². The lowest BCUT2D eigenvalue weighted by atomic mass is 10.1. The first-order valence-electron chi connectivity index (χ1n) is 10.3. The van der Waals surface area contributed by atoms with Gasteiger partial charge in [0.25, 0.3) is 0 Å². The third kappa shape index (κ3) is 6.51. The second kappa shape index (κ2) is 10.2. The van der Waals surface area contributed by atoms with Gasteiger partial charge in [-0.3, -0.25) is 4.68 Å². The molecule has 2 aliphatic heterocycles. The minimum atomic E-state index is -5.08. The molecule has 13 heteroatoms. The molecule has 182 valence electrons. The van der Waals surface area contributed by atoms with Crippen LogP contribution in [0.25, 0.3) is 0 Å². The average Bonchev–Trinajstić information content (AvgIpc) is 3.36. The van der Waals surface area contributed by atoms with Gasteiger partial charge in [-0.25, -0.2) is 17.6 Å². The van der Waals surface area contributed by atoms with Crippen molar-refractivity contribution < 1.29 is 35.9 Å². The van der Waals surface area contributed by atoms with Crippen molar-refractivity contribution >= 4 is 16.0 Å². The highest BCUT2D eigenvalue weighted by Crippen LogP contribution is 2.25. The van der Waals surface area contributed by atoms with E-state index in [1.807, 2.05) is 10.7 Å². The summed E-state index contributed by atoms with van der Waals surface area (Å²) in [6.45, 7) is 4.37. The van der Waals surface area contributed by atoms with Crippen LogP contribution in [0.2, 0.25) is 0 Å². The first-order chi connectivity index (χ1) is 15.5. The summed E-state index contributed by atoms with van der Waals surface area (Å²) >= 11 is 0. The quantitative estimate of drug-likeness (QED) is 0.660. The third-order valence-electron chi connectivity index (χ3n) is 5.43. The molecule has 33 heavy (non-hydrogen) atoms. The molecule has 0 aliphatic carbocycles. The number of rotatable bonds is 4. The number of hydrogen-bond donors (Lipinski definition) is 1. The van der Waals surface area contributed by atoms with Gasteiger partial charge in [0, 0.05) is 31.7 Å². The van der Waals surface area contributed by atoms with E-state index < -0.39 is 28.0 Å². The van der Waals surface area contributed by atoms with Gasteiger partial charge in [0.1, 0.15) is 5.82 Å². The van der Waals surface area contributed by atoms with Gasteiger partial charge in [0.2, 0.25) is 10.0 Å². The highest BCUT2D eigenvalue weighted by molar-refractivity contribution is 7.89. The molecule has 0 bridgehead atoms. The molecule has 4 rings (SSSR count). The molecular formula is C20H24F4N4O4S. The SMILES string of the molecule is O=C(O)C(F)(F)F.O=S(=O)(c1cccc(F)c1)N1Cc2ccnn2CC(CN2CCCC2)C1. The fraction of sp³-hybridized carbons (Fsp3) is 0.500. The minimum Gasteiger partial charge on any atom is -0.475 e. The molecule has 0 saturated carbocycles. The van der Waals surface area contributed by atoms with Crippen LogP contribution in [0.5, 0.6) is 0 Å². The van der Waals surface area contributed by atoms with E-state index in [0.29, 0.717) is 13.1 Å². The Morgan fingerprint density at radius 3 is 2.42 bits per heavy atom. The largest absolute Gasteiger partial charge is 0.490 e. The van der Waals surface area contributed by atoms with Gasteiger partial charge in [-0.2, -0.15) is 22.6 Å². The van der Waals surface area contributed by atoms with E-state index in [4.69, 9.17) is 9.90 Å². The Balaban J connectivity index is 0.000000383. The summed E-state index contributed by atoms with van der Waals surface area (Å²) < 4.78 is 74.9. The van der Waals surface area contributed by atoms with E-state index in [0.717, 1.165) is 31.4 Å². The molecule has 8 nitrogen and oxygen atoms in total. The zero-order valence-corrected chi connectivity index (χ0v) is 18.4. The van der Waals surface area contributed by atoms with Gasteiger partial charge >= 0.3 is 12.1 Å². The zero-order chi connectivity index (χ0) is 24.2. The monoisotopic (exact) mass is 492 g/mol. The number of alkyl halides is 3. The van der Waals surface area contributed by atoms with E-state index in [1.165, 1.54) is 35.3 Å². The van der Waals surface area contributed by atoms with Gasteiger partial charge in [-0.05, 0) is 50.2 Å². The molecule has 2 aromatic rings. The highest BCUT2D eigenvalue weighted by Gasteiger charge is 2.38. The van der Waals surface area contributed by atoms with E-state index in [2.05, 4.69) is 10.00 Å². The lowest BCUT2D eigenvalue weighted by molar-refractivity contribution is -0.192. The van der Waals surface area contributed by atoms with Crippen LogP contribution in [0.4, 0.5) is 17.6 Å². The van der Waals surface area contributed by atoms with Crippen molar-refractivity contribution in [2.45, 2.75) is 37.0 Å². The molecule has 1 aromatic heterocycles. The van der Waals surface area contributed by atoms with Gasteiger partial charge in [-0.15, -0.1) is 0 Å². The molecule has 1 unspecified atom stereocenters. The number of carboxylic acids is 1. The molecule has 1 N–H and O–H groups in total. The fourth-order valence-electron chi connectivity index (χ4n) is 3.90. The van der Waals surface area contributed by atoms with Crippen LogP contribution < -0.4 is 0 Å². The molecule has 1 saturated heterocycles. The lowest BCUT2D eigenvalue weighted by Gasteiger charge is -2.26. The number of hydrogen-bond acceptors (Lipinski definition) is 5. The molecule has 1 aromatic carbocycles. The van der Waals surface area contributed by atoms with Crippen LogP contribution in [0.1, 0.15) is 18.5 Å². The highest BCUT2D eigenvalue weighted by atomic mass is 32.2. The molecule has 1 atom stereocenters. The molecule has 0 spiro atoms. The van der Waals surface area contributed by atoms with Crippen LogP contribution in [-0.2, 0) is 27.9 Å². The topological polar surface area (TPSA) is 95.7 Å². The summed E-state index contributed by atoms with van der Waals surface area (Å²) in [5.74, 6) is -3.15. The van der Waals surface area contributed by atoms with Gasteiger partial charge in [0.05, 0.1) is 17.1 Å². The average molecular weight is 492 g/mol. The molecule has 2 aliphatic rings. The Morgan fingerprint density at radius 1 is 1.15 bits per heavy atom. The van der Waals surface area contributed by atoms with Crippen LogP contribution in [0.15, 0.2) is 41.4 Å². The third-order valence-corrected chi connectivity index (χ3v) is 7.23. The Labute approximate surface area is 188 Å². The number of fused-ring (bicyclic) bond motifs is 1. The maximum Gasteiger partial charge on any atom is 0.490 e. The van der Waals surface area contributed by atoms with Crippen molar-refractivity contribution in [3.8, 4) is 0 Å². The minimum absolute atomic E-state index is 0.00499. The molecule has 3 heterocycles. The maximum absolute atomic E-state index is 13.6. The van der Waals surface area contributed by atoms with E-state index in [-0.39, 0.29) is 17.4 Å². The van der Waals surface area contributed by atoms with Crippen LogP contribution >= 0.6 is 0 Å². The number of aliphatic carboxylic acids is 1. The number of likely N-dealkylation sites (tertiary alicyclic amines) is 1. The first-order valence-corrected chi connectivity index (χ1v) is 11.7. The van der Waals surface area contributed by atoms with Crippen molar-refractivity contribution in [1.82, 2.24) is 19.0 Å². The number of aromatic nitrogens is 2. The maximum atomic E-state index is 13.6. The summed E-state index contributed by atoms with van der Waals surface area (Å²) in [4.78, 5) is 11.3. The van der Waals surface area contributed by atoms with Crippen LogP contribution in [0.3, 0.4) is 0 Å². The Morgan fingerprint density at radius 2 is 1.82 bits per heavy atom. The number of benzene rings is 1. The van der Waals surface area contributed by atoms with Crippen molar-refractivity contribution in [1.29, 1.82) is 0 Å². The smallest absolute Gasteiger partial charge is 0.475 e. The van der Waals surface area contributed by atoms with Crippen molar-refractivity contribution in [3.05, 3.63) is 48.0 Å². The summed E-state index contributed by atoms with van der Waals surface area (Å²) in [7, 11) is -3.76. The standard InChI is InChI=1S/C18H23FN4O2S.C2HF3O2/c19-16-4-3-5-18(10-16)26(24,25)22-12-15(11-21-8-1-2-9-21)13-23-17(14-22)6-7-20-23;3-2(4,5)1(6)7/h3-7,10,15H,1-2,8-9,11-14H2;(H,6,7). The Bertz CT molecular complexity index is 1070. The predicted molar refractivity (Wildman–Crippen MR) is 109 cm³/mol. The predicted octanol–water partition coefficient (Wildman–Crippen LogP) is 2.57. The van der Waals surface area contributed by atoms with Crippen LogP contribution in [0, 0.1) is 11.7 Å². The summed E-state index contributed by atoms with van der Waals surface area (Å²) in [6, 6.07) is 7.09. The number of nitrogens with zero attached hydrogens (tertiary/aromatic N) is 4. The number of halogens is 4.